The molecule has 0 aliphatic heterocycles. The second kappa shape index (κ2) is 11.6. The molecule has 2 aromatic heterocycles. The first-order valence-electron chi connectivity index (χ1n) is 13.6. The van der Waals surface area contributed by atoms with E-state index in [0.29, 0.717) is 29.7 Å². The molecule has 1 saturated carbocycles. The van der Waals surface area contributed by atoms with Crippen LogP contribution in [0.4, 0.5) is 21.5 Å². The molecule has 0 saturated heterocycles. The van der Waals surface area contributed by atoms with Crippen molar-refractivity contribution in [3.8, 4) is 5.69 Å². The molecule has 3 N–H and O–H groups in total. The molecule has 0 bridgehead atoms. The molecule has 1 aliphatic rings. The summed E-state index contributed by atoms with van der Waals surface area (Å²) >= 11 is 0. The number of fused-ring (bicyclic) bond motifs is 1. The Morgan fingerprint density at radius 2 is 1.57 bits per heavy atom. The average molecular weight is 599 g/mol. The van der Waals surface area contributed by atoms with Gasteiger partial charge in [0.2, 0.25) is 0 Å². The molecule has 0 amide bonds. The number of hydrogen-bond donors (Lipinski definition) is 3. The zero-order chi connectivity index (χ0) is 31.1. The van der Waals surface area contributed by atoms with Crippen LogP contribution in [0.15, 0.2) is 50.8 Å². The van der Waals surface area contributed by atoms with Crippen LogP contribution in [0.25, 0.3) is 16.7 Å². The highest BCUT2D eigenvalue weighted by atomic mass is 32.2. The van der Waals surface area contributed by atoms with E-state index in [1.807, 2.05) is 13.8 Å². The van der Waals surface area contributed by atoms with Gasteiger partial charge in [-0.15, -0.1) is 0 Å². The molecular weight excluding hydrogens is 563 g/mol. The van der Waals surface area contributed by atoms with Gasteiger partial charge in [0, 0.05) is 31.4 Å². The summed E-state index contributed by atoms with van der Waals surface area (Å²) in [6.45, 7) is 8.94. The van der Waals surface area contributed by atoms with Crippen LogP contribution >= 0.6 is 0 Å². The van der Waals surface area contributed by atoms with Crippen LogP contribution in [-0.2, 0) is 17.3 Å². The number of halogens is 1. The van der Waals surface area contributed by atoms with E-state index in [4.69, 9.17) is 0 Å². The van der Waals surface area contributed by atoms with Gasteiger partial charge in [-0.1, -0.05) is 26.0 Å². The Kier molecular flexibility index (Phi) is 8.46. The summed E-state index contributed by atoms with van der Waals surface area (Å²) in [5, 5.41) is 3.19. The van der Waals surface area contributed by atoms with Gasteiger partial charge in [-0.3, -0.25) is 23.4 Å². The zero-order valence-corrected chi connectivity index (χ0v) is 25.4. The van der Waals surface area contributed by atoms with E-state index in [1.165, 1.54) is 30.8 Å². The van der Waals surface area contributed by atoms with Crippen LogP contribution in [0.3, 0.4) is 0 Å². The van der Waals surface area contributed by atoms with E-state index < -0.39 is 32.8 Å². The molecule has 0 spiro atoms. The Morgan fingerprint density at radius 3 is 2.17 bits per heavy atom. The molecule has 4 aromatic rings. The fourth-order valence-electron chi connectivity index (χ4n) is 4.83. The van der Waals surface area contributed by atoms with E-state index in [9.17, 15) is 22.8 Å². The number of aromatic nitrogens is 3. The minimum Gasteiger partial charge on any atom is -0.354 e. The maximum absolute atomic E-state index is 15.3. The van der Waals surface area contributed by atoms with Crippen LogP contribution in [-0.4, -0.2) is 29.2 Å². The first kappa shape index (κ1) is 30.7. The van der Waals surface area contributed by atoms with Gasteiger partial charge >= 0.3 is 5.69 Å². The number of nitrogens with one attached hydrogen (secondary N) is 3. The highest BCUT2D eigenvalue weighted by Crippen LogP contribution is 2.35. The molecule has 1 fully saturated rings. The monoisotopic (exact) mass is 598 g/mol. The van der Waals surface area contributed by atoms with Gasteiger partial charge in [-0.25, -0.2) is 18.5 Å². The number of anilines is 3. The minimum absolute atomic E-state index is 0.0340. The predicted octanol–water partition coefficient (Wildman–Crippen LogP) is 3.90. The second-order valence-electron chi connectivity index (χ2n) is 9.95. The second-order valence-corrected chi connectivity index (χ2v) is 11.6. The highest BCUT2D eigenvalue weighted by molar-refractivity contribution is 7.90. The number of nitrogens with zero attached hydrogens (tertiary/aromatic N) is 3. The zero-order valence-electron chi connectivity index (χ0n) is 24.6. The Morgan fingerprint density at radius 1 is 0.929 bits per heavy atom. The quantitative estimate of drug-likeness (QED) is 0.295. The van der Waals surface area contributed by atoms with E-state index in [0.717, 1.165) is 9.13 Å². The molecule has 0 atom stereocenters. The fourth-order valence-corrected chi connectivity index (χ4v) is 5.44. The normalized spacial score (nSPS) is 13.0. The number of hydrogen-bond acceptors (Lipinski definition) is 6. The largest absolute Gasteiger partial charge is 0.354 e. The van der Waals surface area contributed by atoms with Gasteiger partial charge in [-0.05, 0) is 69.0 Å². The first-order chi connectivity index (χ1) is 19.9. The molecule has 1 aliphatic carbocycles. The van der Waals surface area contributed by atoms with Crippen molar-refractivity contribution in [3.63, 3.8) is 0 Å². The van der Waals surface area contributed by atoms with Crippen molar-refractivity contribution in [2.45, 2.75) is 53.5 Å². The molecule has 224 valence electrons. The Labute approximate surface area is 242 Å². The van der Waals surface area contributed by atoms with Crippen molar-refractivity contribution in [3.05, 3.63) is 90.1 Å². The molecule has 42 heavy (non-hydrogen) atoms. The van der Waals surface area contributed by atoms with Crippen molar-refractivity contribution in [2.75, 3.05) is 17.1 Å². The van der Waals surface area contributed by atoms with Crippen LogP contribution in [0, 0.1) is 26.6 Å². The smallest absolute Gasteiger partial charge is 0.337 e. The summed E-state index contributed by atoms with van der Waals surface area (Å²) < 4.78 is 47.5. The summed E-state index contributed by atoms with van der Waals surface area (Å²) in [6, 6.07) is 8.90. The van der Waals surface area contributed by atoms with Gasteiger partial charge in [0.05, 0.1) is 17.1 Å². The van der Waals surface area contributed by atoms with E-state index in [-0.39, 0.29) is 39.7 Å². The Bertz CT molecular complexity index is 1990. The maximum atomic E-state index is 15.3. The minimum atomic E-state index is -3.81. The lowest BCUT2D eigenvalue weighted by atomic mass is 10.1. The maximum Gasteiger partial charge on any atom is 0.337 e. The van der Waals surface area contributed by atoms with E-state index in [1.54, 1.807) is 45.0 Å². The van der Waals surface area contributed by atoms with Crippen LogP contribution in [0.5, 0.6) is 0 Å². The molecule has 2 aromatic carbocycles. The summed E-state index contributed by atoms with van der Waals surface area (Å²) in [6.07, 6.45) is 1.24. The average Bonchev–Trinajstić information content (AvgIpc) is 3.79. The molecule has 2 heterocycles. The summed E-state index contributed by atoms with van der Waals surface area (Å²) in [5.41, 5.74) is 0.218. The third-order valence-electron chi connectivity index (χ3n) is 7.20. The van der Waals surface area contributed by atoms with Gasteiger partial charge < -0.3 is 5.32 Å². The summed E-state index contributed by atoms with van der Waals surface area (Å²) in [5.74, 6) is -0.674. The third kappa shape index (κ3) is 5.37. The molecule has 0 unspecified atom stereocenters. The number of pyridine rings is 1. The van der Waals surface area contributed by atoms with E-state index in [2.05, 4.69) is 14.8 Å². The van der Waals surface area contributed by atoms with Gasteiger partial charge in [0.15, 0.2) is 0 Å². The van der Waals surface area contributed by atoms with Gasteiger partial charge in [0.1, 0.15) is 16.9 Å². The van der Waals surface area contributed by atoms with Gasteiger partial charge in [0.25, 0.3) is 21.3 Å². The molecule has 0 radical (unpaired) electrons. The molecule has 5 rings (SSSR count). The third-order valence-corrected chi connectivity index (χ3v) is 8.22. The Balaban J connectivity index is 0.00000198. The number of aryl methyl sites for hydroxylation is 2. The fraction of sp³-hybridized carbons (Fsp3) is 0.345. The van der Waals surface area contributed by atoms with Crippen molar-refractivity contribution in [1.29, 1.82) is 0 Å². The SMILES string of the molecule is CC.CNS(=O)(=O)Nc1cccc(Nc2c(C)c(=O)n(C)c3c2c(=O)n(C2CC2)c(=O)n3-c2ccc(C)cc2F)c1C. The lowest BCUT2D eigenvalue weighted by Crippen LogP contribution is -2.42. The summed E-state index contributed by atoms with van der Waals surface area (Å²) in [7, 11) is -1.10. The number of rotatable bonds is 7. The van der Waals surface area contributed by atoms with Crippen molar-refractivity contribution in [1.82, 2.24) is 18.4 Å². The lowest BCUT2D eigenvalue weighted by molar-refractivity contribution is 0.593. The molecule has 11 nitrogen and oxygen atoms in total. The summed E-state index contributed by atoms with van der Waals surface area (Å²) in [4.78, 5) is 41.2. The van der Waals surface area contributed by atoms with Crippen molar-refractivity contribution < 1.29 is 12.8 Å². The first-order valence-corrected chi connectivity index (χ1v) is 15.1. The van der Waals surface area contributed by atoms with Crippen molar-refractivity contribution >= 4 is 38.3 Å². The van der Waals surface area contributed by atoms with Crippen LogP contribution in [0.2, 0.25) is 0 Å². The Hall–Kier alpha value is -4.23. The lowest BCUT2D eigenvalue weighted by Gasteiger charge is -2.21. The topological polar surface area (TPSA) is 136 Å². The van der Waals surface area contributed by atoms with Gasteiger partial charge in [-0.2, -0.15) is 8.42 Å². The van der Waals surface area contributed by atoms with Crippen molar-refractivity contribution in [2.24, 2.45) is 7.05 Å². The standard InChI is InChI=1S/C27H29FN6O5S.C2H6/c1-14-9-12-21(18(28)13-14)34-24-22(26(36)33(27(34)37)17-10-11-17)23(16(3)25(35)32(24)5)30-19-7-6-8-20(15(19)2)31-40(38,39)29-4;1-2/h6-9,12-13,17,29-31H,10-11H2,1-5H3;1-2H3. The van der Waals surface area contributed by atoms with Crippen LogP contribution < -0.4 is 31.6 Å². The molecule has 13 heteroatoms. The number of benzene rings is 2. The molecular formula is C29H35FN6O5S. The predicted molar refractivity (Wildman–Crippen MR) is 164 cm³/mol. The van der Waals surface area contributed by atoms with Crippen LogP contribution in [0.1, 0.15) is 49.4 Å². The van der Waals surface area contributed by atoms with E-state index >= 15 is 4.39 Å². The highest BCUT2D eigenvalue weighted by Gasteiger charge is 2.32.